The number of hydrogen-bond acceptors (Lipinski definition) is 2. The lowest BCUT2D eigenvalue weighted by Gasteiger charge is -2.34. The molecule has 0 aromatic carbocycles. The first-order valence-corrected chi connectivity index (χ1v) is 6.08. The second-order valence-electron chi connectivity index (χ2n) is 4.37. The molecule has 84 valence electrons. The van der Waals surface area contributed by atoms with Crippen molar-refractivity contribution in [2.24, 2.45) is 11.8 Å². The number of ether oxygens (including phenoxy) is 1. The van der Waals surface area contributed by atoms with Gasteiger partial charge in [-0.3, -0.25) is 0 Å². The van der Waals surface area contributed by atoms with E-state index in [1.807, 2.05) is 0 Å². The van der Waals surface area contributed by atoms with Gasteiger partial charge in [0, 0.05) is 12.6 Å². The highest BCUT2D eigenvalue weighted by Gasteiger charge is 2.27. The smallest absolute Gasteiger partial charge is 0.0509 e. The summed E-state index contributed by atoms with van der Waals surface area (Å²) in [7, 11) is 2.09. The van der Waals surface area contributed by atoms with Gasteiger partial charge in [0.2, 0.25) is 0 Å². The fourth-order valence-corrected chi connectivity index (χ4v) is 2.70. The Balaban J connectivity index is 2.49. The van der Waals surface area contributed by atoms with Crippen LogP contribution in [0.4, 0.5) is 0 Å². The Morgan fingerprint density at radius 1 is 1.36 bits per heavy atom. The molecular weight excluding hydrogens is 174 g/mol. The van der Waals surface area contributed by atoms with Crippen LogP contribution in [-0.2, 0) is 4.74 Å². The van der Waals surface area contributed by atoms with Gasteiger partial charge in [-0.2, -0.15) is 0 Å². The lowest BCUT2D eigenvalue weighted by molar-refractivity contribution is 0.0292. The van der Waals surface area contributed by atoms with Crippen LogP contribution in [0.2, 0.25) is 0 Å². The summed E-state index contributed by atoms with van der Waals surface area (Å²) in [6, 6.07) is 0.658. The topological polar surface area (TPSA) is 21.3 Å². The van der Waals surface area contributed by atoms with Gasteiger partial charge in [0.1, 0.15) is 0 Å². The predicted molar refractivity (Wildman–Crippen MR) is 60.5 cm³/mol. The van der Waals surface area contributed by atoms with Crippen molar-refractivity contribution in [3.8, 4) is 0 Å². The molecule has 2 heteroatoms. The van der Waals surface area contributed by atoms with Crippen molar-refractivity contribution in [3.05, 3.63) is 0 Å². The molecule has 1 rings (SSSR count). The van der Waals surface area contributed by atoms with Gasteiger partial charge in [0.05, 0.1) is 6.61 Å². The van der Waals surface area contributed by atoms with Crippen LogP contribution >= 0.6 is 0 Å². The summed E-state index contributed by atoms with van der Waals surface area (Å²) in [5, 5.41) is 3.49. The van der Waals surface area contributed by atoms with Crippen molar-refractivity contribution in [3.63, 3.8) is 0 Å². The summed E-state index contributed by atoms with van der Waals surface area (Å²) >= 11 is 0. The molecule has 1 aliphatic heterocycles. The maximum absolute atomic E-state index is 5.56. The van der Waals surface area contributed by atoms with Gasteiger partial charge >= 0.3 is 0 Å². The molecule has 14 heavy (non-hydrogen) atoms. The van der Waals surface area contributed by atoms with Crippen LogP contribution in [0.3, 0.4) is 0 Å². The molecular formula is C12H25NO. The van der Waals surface area contributed by atoms with Crippen LogP contribution in [-0.4, -0.2) is 26.3 Å². The maximum atomic E-state index is 5.56. The molecule has 1 saturated heterocycles. The zero-order valence-electron chi connectivity index (χ0n) is 9.88. The highest BCUT2D eigenvalue weighted by Crippen LogP contribution is 2.25. The third kappa shape index (κ3) is 2.96. The molecule has 0 saturated carbocycles. The summed E-state index contributed by atoms with van der Waals surface area (Å²) in [6.45, 7) is 6.52. The molecule has 0 radical (unpaired) electrons. The van der Waals surface area contributed by atoms with Gasteiger partial charge in [0.25, 0.3) is 0 Å². The van der Waals surface area contributed by atoms with E-state index in [1.165, 1.54) is 25.7 Å². The van der Waals surface area contributed by atoms with Gasteiger partial charge in [-0.1, -0.05) is 26.7 Å². The third-order valence-corrected chi connectivity index (χ3v) is 3.59. The van der Waals surface area contributed by atoms with E-state index >= 15 is 0 Å². The molecule has 1 aliphatic rings. The largest absolute Gasteiger partial charge is 0.381 e. The molecule has 1 fully saturated rings. The third-order valence-electron chi connectivity index (χ3n) is 3.59. The minimum atomic E-state index is 0.658. The summed E-state index contributed by atoms with van der Waals surface area (Å²) in [5.74, 6) is 1.55. The van der Waals surface area contributed by atoms with E-state index in [0.29, 0.717) is 6.04 Å². The first-order chi connectivity index (χ1) is 6.83. The Morgan fingerprint density at radius 2 is 2.07 bits per heavy atom. The van der Waals surface area contributed by atoms with Crippen LogP contribution in [0.25, 0.3) is 0 Å². The molecule has 2 unspecified atom stereocenters. The second kappa shape index (κ2) is 6.41. The lowest BCUT2D eigenvalue weighted by Crippen LogP contribution is -2.43. The Bertz CT molecular complexity index is 139. The van der Waals surface area contributed by atoms with Crippen molar-refractivity contribution in [1.82, 2.24) is 5.32 Å². The Hall–Kier alpha value is -0.0800. The van der Waals surface area contributed by atoms with Gasteiger partial charge < -0.3 is 10.1 Å². The zero-order valence-corrected chi connectivity index (χ0v) is 9.88. The molecule has 2 nitrogen and oxygen atoms in total. The quantitative estimate of drug-likeness (QED) is 0.734. The standard InChI is InChI=1S/C12H25NO/c1-4-10(5-2)12(13-3)11-7-6-8-14-9-11/h10-13H,4-9H2,1-3H3. The number of hydrogen-bond donors (Lipinski definition) is 1. The van der Waals surface area contributed by atoms with Gasteiger partial charge in [-0.05, 0) is 31.7 Å². The SMILES string of the molecule is CCC(CC)C(NC)C1CCCOC1. The van der Waals surface area contributed by atoms with Gasteiger partial charge in [-0.25, -0.2) is 0 Å². The first-order valence-electron chi connectivity index (χ1n) is 6.08. The Morgan fingerprint density at radius 3 is 2.50 bits per heavy atom. The van der Waals surface area contributed by atoms with Crippen molar-refractivity contribution < 1.29 is 4.74 Å². The molecule has 1 N–H and O–H groups in total. The summed E-state index contributed by atoms with van der Waals surface area (Å²) in [4.78, 5) is 0. The molecule has 0 aromatic rings. The highest BCUT2D eigenvalue weighted by molar-refractivity contribution is 4.82. The number of nitrogens with one attached hydrogen (secondary N) is 1. The average molecular weight is 199 g/mol. The normalized spacial score (nSPS) is 25.3. The fourth-order valence-electron chi connectivity index (χ4n) is 2.70. The first kappa shape index (κ1) is 12.0. The molecule has 2 atom stereocenters. The van der Waals surface area contributed by atoms with Crippen molar-refractivity contribution in [1.29, 1.82) is 0 Å². The van der Waals surface area contributed by atoms with Crippen molar-refractivity contribution >= 4 is 0 Å². The maximum Gasteiger partial charge on any atom is 0.0509 e. The predicted octanol–water partition coefficient (Wildman–Crippen LogP) is 2.44. The van der Waals surface area contributed by atoms with E-state index in [1.54, 1.807) is 0 Å². The van der Waals surface area contributed by atoms with Crippen LogP contribution in [0.1, 0.15) is 39.5 Å². The monoisotopic (exact) mass is 199 g/mol. The van der Waals surface area contributed by atoms with Crippen LogP contribution < -0.4 is 5.32 Å². The minimum Gasteiger partial charge on any atom is -0.381 e. The van der Waals surface area contributed by atoms with E-state index in [9.17, 15) is 0 Å². The van der Waals surface area contributed by atoms with Crippen molar-refractivity contribution in [2.45, 2.75) is 45.6 Å². The number of rotatable bonds is 5. The molecule has 0 aliphatic carbocycles. The molecule has 0 spiro atoms. The lowest BCUT2D eigenvalue weighted by atomic mass is 9.82. The minimum absolute atomic E-state index is 0.658. The molecule has 0 bridgehead atoms. The van der Waals surface area contributed by atoms with E-state index in [2.05, 4.69) is 26.2 Å². The van der Waals surface area contributed by atoms with Crippen LogP contribution in [0.5, 0.6) is 0 Å². The molecule has 0 amide bonds. The molecule has 1 heterocycles. The van der Waals surface area contributed by atoms with Gasteiger partial charge in [0.15, 0.2) is 0 Å². The second-order valence-corrected chi connectivity index (χ2v) is 4.37. The highest BCUT2D eigenvalue weighted by atomic mass is 16.5. The molecule has 0 aromatic heterocycles. The van der Waals surface area contributed by atoms with E-state index < -0.39 is 0 Å². The Kier molecular flexibility index (Phi) is 5.49. The zero-order chi connectivity index (χ0) is 10.4. The average Bonchev–Trinajstić information content (AvgIpc) is 2.27. The van der Waals surface area contributed by atoms with E-state index in [-0.39, 0.29) is 0 Å². The van der Waals surface area contributed by atoms with Crippen LogP contribution in [0.15, 0.2) is 0 Å². The Labute approximate surface area is 88.4 Å². The summed E-state index contributed by atoms with van der Waals surface area (Å²) in [5.41, 5.74) is 0. The van der Waals surface area contributed by atoms with Gasteiger partial charge in [-0.15, -0.1) is 0 Å². The summed E-state index contributed by atoms with van der Waals surface area (Å²) < 4.78 is 5.56. The van der Waals surface area contributed by atoms with E-state index in [0.717, 1.165) is 25.0 Å². The van der Waals surface area contributed by atoms with Crippen molar-refractivity contribution in [2.75, 3.05) is 20.3 Å². The summed E-state index contributed by atoms with van der Waals surface area (Å²) in [6.07, 6.45) is 5.13. The fraction of sp³-hybridized carbons (Fsp3) is 1.00. The van der Waals surface area contributed by atoms with E-state index in [4.69, 9.17) is 4.74 Å². The van der Waals surface area contributed by atoms with Crippen LogP contribution in [0, 0.1) is 11.8 Å².